The summed E-state index contributed by atoms with van der Waals surface area (Å²) in [5, 5.41) is 3.50. The zero-order chi connectivity index (χ0) is 12.7. The van der Waals surface area contributed by atoms with Gasteiger partial charge in [0.1, 0.15) is 0 Å². The number of hydrogen-bond acceptors (Lipinski definition) is 3. The molecule has 0 aromatic rings. The van der Waals surface area contributed by atoms with E-state index in [1.165, 1.54) is 0 Å². The van der Waals surface area contributed by atoms with Crippen molar-refractivity contribution in [2.24, 2.45) is 5.92 Å². The zero-order valence-corrected chi connectivity index (χ0v) is 10.9. The first-order valence-electron chi connectivity index (χ1n) is 6.53. The normalized spacial score (nSPS) is 25.9. The van der Waals surface area contributed by atoms with Crippen molar-refractivity contribution in [3.8, 4) is 12.3 Å². The lowest BCUT2D eigenvalue weighted by Gasteiger charge is -2.30. The van der Waals surface area contributed by atoms with Crippen molar-refractivity contribution in [3.63, 3.8) is 0 Å². The molecule has 0 spiro atoms. The molecule has 0 bridgehead atoms. The predicted octanol–water partition coefficient (Wildman–Crippen LogP) is 2.11. The molecule has 3 nitrogen and oxygen atoms in total. The summed E-state index contributed by atoms with van der Waals surface area (Å²) in [6, 6.07) is 0.729. The molecule has 3 unspecified atom stereocenters. The monoisotopic (exact) mass is 237 g/mol. The van der Waals surface area contributed by atoms with Crippen molar-refractivity contribution in [2.45, 2.75) is 58.0 Å². The van der Waals surface area contributed by atoms with Gasteiger partial charge in [-0.05, 0) is 33.1 Å². The van der Waals surface area contributed by atoms with Crippen molar-refractivity contribution in [3.05, 3.63) is 0 Å². The zero-order valence-electron chi connectivity index (χ0n) is 10.9. The fourth-order valence-electron chi connectivity index (χ4n) is 2.45. The van der Waals surface area contributed by atoms with Crippen LogP contribution >= 0.6 is 0 Å². The van der Waals surface area contributed by atoms with E-state index in [0.29, 0.717) is 18.7 Å². The Kier molecular flexibility index (Phi) is 6.07. The summed E-state index contributed by atoms with van der Waals surface area (Å²) < 4.78 is 5.08. The summed E-state index contributed by atoms with van der Waals surface area (Å²) in [6.07, 6.45) is 10.1. The molecule has 1 aliphatic rings. The van der Waals surface area contributed by atoms with Gasteiger partial charge in [0, 0.05) is 18.5 Å². The SMILES string of the molecule is C#CCC(C)NC1CCCC(C(=O)OCC)C1. The van der Waals surface area contributed by atoms with E-state index in [9.17, 15) is 4.79 Å². The minimum Gasteiger partial charge on any atom is -0.466 e. The Balaban J connectivity index is 2.38. The number of carbonyl (C=O) groups is 1. The highest BCUT2D eigenvalue weighted by molar-refractivity contribution is 5.72. The van der Waals surface area contributed by atoms with Crippen LogP contribution < -0.4 is 5.32 Å². The van der Waals surface area contributed by atoms with Gasteiger partial charge in [-0.25, -0.2) is 0 Å². The van der Waals surface area contributed by atoms with Crippen LogP contribution in [0.1, 0.15) is 46.0 Å². The van der Waals surface area contributed by atoms with E-state index in [1.807, 2.05) is 6.92 Å². The molecule has 0 radical (unpaired) electrons. The van der Waals surface area contributed by atoms with Gasteiger partial charge in [-0.15, -0.1) is 12.3 Å². The van der Waals surface area contributed by atoms with E-state index in [-0.39, 0.29) is 11.9 Å². The number of terminal acetylenes is 1. The third-order valence-electron chi connectivity index (χ3n) is 3.24. The average Bonchev–Trinajstić information content (AvgIpc) is 2.30. The maximum absolute atomic E-state index is 11.7. The Labute approximate surface area is 104 Å². The van der Waals surface area contributed by atoms with Crippen LogP contribution in [0.4, 0.5) is 0 Å². The molecule has 0 amide bonds. The Morgan fingerprint density at radius 1 is 1.59 bits per heavy atom. The molecule has 1 aliphatic carbocycles. The first kappa shape index (κ1) is 14.1. The van der Waals surface area contributed by atoms with Crippen LogP contribution in [0.3, 0.4) is 0 Å². The summed E-state index contributed by atoms with van der Waals surface area (Å²) in [7, 11) is 0. The molecular weight excluding hydrogens is 214 g/mol. The lowest BCUT2D eigenvalue weighted by Crippen LogP contribution is -2.41. The molecular formula is C14H23NO2. The Hall–Kier alpha value is -1.01. The quantitative estimate of drug-likeness (QED) is 0.588. The van der Waals surface area contributed by atoms with Crippen molar-refractivity contribution >= 4 is 5.97 Å². The van der Waals surface area contributed by atoms with Gasteiger partial charge < -0.3 is 10.1 Å². The second-order valence-corrected chi connectivity index (χ2v) is 4.79. The second-order valence-electron chi connectivity index (χ2n) is 4.79. The van der Waals surface area contributed by atoms with E-state index in [1.54, 1.807) is 0 Å². The Morgan fingerprint density at radius 3 is 3.00 bits per heavy atom. The van der Waals surface area contributed by atoms with Crippen LogP contribution in [-0.2, 0) is 9.53 Å². The molecule has 0 aromatic carbocycles. The van der Waals surface area contributed by atoms with Crippen molar-refractivity contribution in [2.75, 3.05) is 6.61 Å². The van der Waals surface area contributed by atoms with Gasteiger partial charge in [0.05, 0.1) is 12.5 Å². The fourth-order valence-corrected chi connectivity index (χ4v) is 2.45. The fraction of sp³-hybridized carbons (Fsp3) is 0.786. The van der Waals surface area contributed by atoms with Gasteiger partial charge in [0.25, 0.3) is 0 Å². The Bertz CT molecular complexity index is 282. The van der Waals surface area contributed by atoms with Crippen LogP contribution in [0.15, 0.2) is 0 Å². The summed E-state index contributed by atoms with van der Waals surface area (Å²) in [5.74, 6) is 2.69. The highest BCUT2D eigenvalue weighted by Gasteiger charge is 2.28. The molecule has 3 atom stereocenters. The summed E-state index contributed by atoms with van der Waals surface area (Å²) in [6.45, 7) is 4.42. The van der Waals surface area contributed by atoms with Crippen LogP contribution in [-0.4, -0.2) is 24.7 Å². The van der Waals surface area contributed by atoms with Crippen molar-refractivity contribution in [1.82, 2.24) is 5.32 Å². The summed E-state index contributed by atoms with van der Waals surface area (Å²) in [5.41, 5.74) is 0. The lowest BCUT2D eigenvalue weighted by molar-refractivity contribution is -0.149. The number of esters is 1. The minimum absolute atomic E-state index is 0.0383. The number of carbonyl (C=O) groups excluding carboxylic acids is 1. The molecule has 1 N–H and O–H groups in total. The van der Waals surface area contributed by atoms with E-state index in [2.05, 4.69) is 18.2 Å². The van der Waals surface area contributed by atoms with Gasteiger partial charge in [-0.2, -0.15) is 0 Å². The first-order chi connectivity index (χ1) is 8.17. The van der Waals surface area contributed by atoms with Crippen LogP contribution in [0, 0.1) is 18.3 Å². The Morgan fingerprint density at radius 2 is 2.35 bits per heavy atom. The van der Waals surface area contributed by atoms with Crippen LogP contribution in [0.2, 0.25) is 0 Å². The average molecular weight is 237 g/mol. The van der Waals surface area contributed by atoms with Gasteiger partial charge in [0.2, 0.25) is 0 Å². The first-order valence-corrected chi connectivity index (χ1v) is 6.53. The molecule has 0 saturated heterocycles. The molecule has 1 fully saturated rings. The van der Waals surface area contributed by atoms with Crippen molar-refractivity contribution in [1.29, 1.82) is 0 Å². The maximum Gasteiger partial charge on any atom is 0.308 e. The number of nitrogens with one attached hydrogen (secondary N) is 1. The smallest absolute Gasteiger partial charge is 0.308 e. The van der Waals surface area contributed by atoms with Gasteiger partial charge in [-0.1, -0.05) is 6.42 Å². The van der Waals surface area contributed by atoms with Crippen molar-refractivity contribution < 1.29 is 9.53 Å². The van der Waals surface area contributed by atoms with E-state index < -0.39 is 0 Å². The van der Waals surface area contributed by atoms with Gasteiger partial charge >= 0.3 is 5.97 Å². The molecule has 0 aromatic heterocycles. The highest BCUT2D eigenvalue weighted by atomic mass is 16.5. The standard InChI is InChI=1S/C14H23NO2/c1-4-7-11(3)15-13-9-6-8-12(10-13)14(16)17-5-2/h1,11-13,15H,5-10H2,2-3H3. The number of ether oxygens (including phenoxy) is 1. The highest BCUT2D eigenvalue weighted by Crippen LogP contribution is 2.25. The lowest BCUT2D eigenvalue weighted by atomic mass is 9.85. The number of rotatable bonds is 5. The predicted molar refractivity (Wildman–Crippen MR) is 68.4 cm³/mol. The molecule has 0 aliphatic heterocycles. The van der Waals surface area contributed by atoms with E-state index in [4.69, 9.17) is 11.2 Å². The largest absolute Gasteiger partial charge is 0.466 e. The maximum atomic E-state index is 11.7. The molecule has 96 valence electrons. The third kappa shape index (κ3) is 4.79. The molecule has 0 heterocycles. The van der Waals surface area contributed by atoms with Crippen LogP contribution in [0.5, 0.6) is 0 Å². The molecule has 1 saturated carbocycles. The van der Waals surface area contributed by atoms with E-state index >= 15 is 0 Å². The van der Waals surface area contributed by atoms with Gasteiger partial charge in [0.15, 0.2) is 0 Å². The second kappa shape index (κ2) is 7.34. The van der Waals surface area contributed by atoms with Gasteiger partial charge in [-0.3, -0.25) is 4.79 Å². The third-order valence-corrected chi connectivity index (χ3v) is 3.24. The molecule has 3 heteroatoms. The van der Waals surface area contributed by atoms with E-state index in [0.717, 1.165) is 32.1 Å². The molecule has 1 rings (SSSR count). The summed E-state index contributed by atoms with van der Waals surface area (Å²) in [4.78, 5) is 11.7. The topological polar surface area (TPSA) is 38.3 Å². The molecule has 17 heavy (non-hydrogen) atoms. The van der Waals surface area contributed by atoms with Crippen LogP contribution in [0.25, 0.3) is 0 Å². The summed E-state index contributed by atoms with van der Waals surface area (Å²) >= 11 is 0. The minimum atomic E-state index is -0.0383. The number of hydrogen-bond donors (Lipinski definition) is 1.